The number of methoxy groups -OCH3 is 1. The molecule has 0 saturated carbocycles. The second-order valence-electron chi connectivity index (χ2n) is 4.71. The Bertz CT molecular complexity index is 640. The molecule has 3 N–H and O–H groups in total. The van der Waals surface area contributed by atoms with E-state index in [0.717, 1.165) is 0 Å². The smallest absolute Gasteiger partial charge is 0.319 e. The molecule has 2 rings (SSSR count). The zero-order valence-corrected chi connectivity index (χ0v) is 12.8. The van der Waals surface area contributed by atoms with Gasteiger partial charge in [-0.3, -0.25) is 4.79 Å². The number of carbonyl (C=O) groups excluding carboxylic acids is 2. The van der Waals surface area contributed by atoms with Gasteiger partial charge in [0.1, 0.15) is 11.8 Å². The first-order valence-electron chi connectivity index (χ1n) is 6.96. The van der Waals surface area contributed by atoms with Gasteiger partial charge < -0.3 is 25.1 Å². The van der Waals surface area contributed by atoms with Crippen molar-refractivity contribution in [3.8, 4) is 5.88 Å². The molecule has 8 nitrogen and oxygen atoms in total. The molecule has 0 aliphatic carbocycles. The van der Waals surface area contributed by atoms with Gasteiger partial charge in [-0.2, -0.15) is 0 Å². The number of ether oxygens (including phenoxy) is 1. The van der Waals surface area contributed by atoms with Crippen LogP contribution in [0.4, 0.5) is 10.5 Å². The van der Waals surface area contributed by atoms with Crippen molar-refractivity contribution in [1.29, 1.82) is 0 Å². The highest BCUT2D eigenvalue weighted by atomic mass is 16.5. The lowest BCUT2D eigenvalue weighted by Gasteiger charge is -2.14. The lowest BCUT2D eigenvalue weighted by molar-refractivity contribution is -0.122. The van der Waals surface area contributed by atoms with Crippen LogP contribution in [0.2, 0.25) is 0 Å². The SMILES string of the molecule is COc1ccc(NC(=O)N[C@H](C)C(=O)NCc2ccco2)cn1. The first kappa shape index (κ1) is 16.3. The van der Waals surface area contributed by atoms with E-state index in [1.54, 1.807) is 31.2 Å². The normalized spacial score (nSPS) is 11.4. The average Bonchev–Trinajstić information content (AvgIpc) is 3.06. The van der Waals surface area contributed by atoms with Gasteiger partial charge in [-0.15, -0.1) is 0 Å². The Labute approximate surface area is 133 Å². The van der Waals surface area contributed by atoms with Gasteiger partial charge in [-0.1, -0.05) is 0 Å². The Morgan fingerprint density at radius 1 is 1.35 bits per heavy atom. The standard InChI is InChI=1S/C15H18N4O4/c1-10(14(20)17-9-12-4-3-7-23-12)18-15(21)19-11-5-6-13(22-2)16-8-11/h3-8,10H,9H2,1-2H3,(H,17,20)(H2,18,19,21)/t10-/m1/s1. The highest BCUT2D eigenvalue weighted by molar-refractivity contribution is 5.93. The number of anilines is 1. The third-order valence-corrected chi connectivity index (χ3v) is 2.96. The van der Waals surface area contributed by atoms with Crippen LogP contribution < -0.4 is 20.7 Å². The molecule has 1 atom stereocenters. The van der Waals surface area contributed by atoms with Gasteiger partial charge >= 0.3 is 6.03 Å². The zero-order valence-electron chi connectivity index (χ0n) is 12.8. The van der Waals surface area contributed by atoms with Gasteiger partial charge in [-0.05, 0) is 25.1 Å². The third kappa shape index (κ3) is 5.03. The molecule has 3 amide bonds. The summed E-state index contributed by atoms with van der Waals surface area (Å²) >= 11 is 0. The summed E-state index contributed by atoms with van der Waals surface area (Å²) in [6.45, 7) is 1.85. The monoisotopic (exact) mass is 318 g/mol. The minimum Gasteiger partial charge on any atom is -0.481 e. The number of rotatable bonds is 6. The molecule has 122 valence electrons. The van der Waals surface area contributed by atoms with E-state index in [1.807, 2.05) is 0 Å². The summed E-state index contributed by atoms with van der Waals surface area (Å²) in [7, 11) is 1.51. The molecule has 0 saturated heterocycles. The van der Waals surface area contributed by atoms with Crippen molar-refractivity contribution in [3.63, 3.8) is 0 Å². The molecular formula is C15H18N4O4. The highest BCUT2D eigenvalue weighted by Crippen LogP contribution is 2.10. The molecule has 2 heterocycles. The first-order chi connectivity index (χ1) is 11.1. The molecule has 0 fully saturated rings. The average molecular weight is 318 g/mol. The van der Waals surface area contributed by atoms with Crippen LogP contribution in [-0.2, 0) is 11.3 Å². The molecule has 0 radical (unpaired) electrons. The minimum absolute atomic E-state index is 0.266. The summed E-state index contributed by atoms with van der Waals surface area (Å²) in [4.78, 5) is 27.7. The van der Waals surface area contributed by atoms with Crippen LogP contribution in [0.15, 0.2) is 41.1 Å². The molecule has 0 aliphatic heterocycles. The van der Waals surface area contributed by atoms with Gasteiger partial charge in [0.2, 0.25) is 11.8 Å². The summed E-state index contributed by atoms with van der Waals surface area (Å²) in [5, 5.41) is 7.78. The van der Waals surface area contributed by atoms with Crippen molar-refractivity contribution in [2.24, 2.45) is 0 Å². The molecule has 0 bridgehead atoms. The number of aromatic nitrogens is 1. The largest absolute Gasteiger partial charge is 0.481 e. The van der Waals surface area contributed by atoms with Gasteiger partial charge in [-0.25, -0.2) is 9.78 Å². The Hall–Kier alpha value is -3.03. The summed E-state index contributed by atoms with van der Waals surface area (Å²) in [6, 6.07) is 5.55. The van der Waals surface area contributed by atoms with Crippen LogP contribution in [0.3, 0.4) is 0 Å². The zero-order chi connectivity index (χ0) is 16.7. The predicted molar refractivity (Wildman–Crippen MR) is 83.0 cm³/mol. The number of urea groups is 1. The second kappa shape index (κ2) is 7.83. The van der Waals surface area contributed by atoms with Crippen LogP contribution in [0.5, 0.6) is 5.88 Å². The van der Waals surface area contributed by atoms with Crippen LogP contribution >= 0.6 is 0 Å². The number of hydrogen-bond acceptors (Lipinski definition) is 5. The molecule has 0 aromatic carbocycles. The van der Waals surface area contributed by atoms with E-state index >= 15 is 0 Å². The number of pyridine rings is 1. The lowest BCUT2D eigenvalue weighted by Crippen LogP contribution is -2.46. The Balaban J connectivity index is 1.77. The number of nitrogens with zero attached hydrogens (tertiary/aromatic N) is 1. The van der Waals surface area contributed by atoms with Crippen LogP contribution in [0.25, 0.3) is 0 Å². The van der Waals surface area contributed by atoms with Crippen molar-refractivity contribution in [2.75, 3.05) is 12.4 Å². The van der Waals surface area contributed by atoms with Gasteiger partial charge in [0.15, 0.2) is 0 Å². The van der Waals surface area contributed by atoms with Gasteiger partial charge in [0.25, 0.3) is 0 Å². The second-order valence-corrected chi connectivity index (χ2v) is 4.71. The molecule has 0 unspecified atom stereocenters. The van der Waals surface area contributed by atoms with E-state index in [4.69, 9.17) is 9.15 Å². The van der Waals surface area contributed by atoms with E-state index in [-0.39, 0.29) is 12.5 Å². The lowest BCUT2D eigenvalue weighted by atomic mass is 10.3. The van der Waals surface area contributed by atoms with E-state index in [9.17, 15) is 9.59 Å². The maximum atomic E-state index is 11.9. The molecule has 2 aromatic heterocycles. The number of hydrogen-bond donors (Lipinski definition) is 3. The molecule has 0 aliphatic rings. The molecule has 23 heavy (non-hydrogen) atoms. The predicted octanol–water partition coefficient (Wildman–Crippen LogP) is 1.51. The number of furan rings is 1. The van der Waals surface area contributed by atoms with Crippen molar-refractivity contribution in [2.45, 2.75) is 19.5 Å². The van der Waals surface area contributed by atoms with Crippen molar-refractivity contribution in [3.05, 3.63) is 42.5 Å². The van der Waals surface area contributed by atoms with E-state index < -0.39 is 12.1 Å². The van der Waals surface area contributed by atoms with E-state index in [0.29, 0.717) is 17.3 Å². The van der Waals surface area contributed by atoms with Crippen molar-refractivity contribution in [1.82, 2.24) is 15.6 Å². The minimum atomic E-state index is -0.698. The summed E-state index contributed by atoms with van der Waals surface area (Å²) in [5.41, 5.74) is 0.492. The number of amides is 3. The fourth-order valence-corrected chi connectivity index (χ4v) is 1.74. The van der Waals surface area contributed by atoms with Gasteiger partial charge in [0, 0.05) is 6.07 Å². The van der Waals surface area contributed by atoms with Gasteiger partial charge in [0.05, 0.1) is 31.8 Å². The first-order valence-corrected chi connectivity index (χ1v) is 6.96. The molecule has 8 heteroatoms. The quantitative estimate of drug-likeness (QED) is 0.748. The number of carbonyl (C=O) groups is 2. The summed E-state index contributed by atoms with van der Waals surface area (Å²) < 4.78 is 10.0. The summed E-state index contributed by atoms with van der Waals surface area (Å²) in [6.07, 6.45) is 2.99. The number of nitrogens with one attached hydrogen (secondary N) is 3. The molecule has 2 aromatic rings. The van der Waals surface area contributed by atoms with Crippen LogP contribution in [0.1, 0.15) is 12.7 Å². The Morgan fingerprint density at radius 2 is 2.17 bits per heavy atom. The Kier molecular flexibility index (Phi) is 5.56. The van der Waals surface area contributed by atoms with Crippen molar-refractivity contribution < 1.29 is 18.7 Å². The molecular weight excluding hydrogens is 300 g/mol. The van der Waals surface area contributed by atoms with Crippen LogP contribution in [0, 0.1) is 0 Å². The fraction of sp³-hybridized carbons (Fsp3) is 0.267. The van der Waals surface area contributed by atoms with E-state index in [2.05, 4.69) is 20.9 Å². The third-order valence-electron chi connectivity index (χ3n) is 2.96. The maximum Gasteiger partial charge on any atom is 0.319 e. The van der Waals surface area contributed by atoms with Crippen LogP contribution in [-0.4, -0.2) is 30.1 Å². The highest BCUT2D eigenvalue weighted by Gasteiger charge is 2.15. The van der Waals surface area contributed by atoms with E-state index in [1.165, 1.54) is 19.6 Å². The summed E-state index contributed by atoms with van der Waals surface area (Å²) in [5.74, 6) is 0.769. The molecule has 0 spiro atoms. The van der Waals surface area contributed by atoms with Crippen molar-refractivity contribution >= 4 is 17.6 Å². The Morgan fingerprint density at radius 3 is 2.78 bits per heavy atom. The maximum absolute atomic E-state index is 11.9. The topological polar surface area (TPSA) is 105 Å². The fourth-order valence-electron chi connectivity index (χ4n) is 1.74.